The largest absolute Gasteiger partial charge is 0.426 e. The molecule has 0 aromatic heterocycles. The van der Waals surface area contributed by atoms with E-state index in [0.29, 0.717) is 0 Å². The number of carbonyl (C=O) groups excluding carboxylic acids is 1. The van der Waals surface area contributed by atoms with Gasteiger partial charge in [0.25, 0.3) is 0 Å². The van der Waals surface area contributed by atoms with Crippen LogP contribution in [0, 0.1) is 6.92 Å². The van der Waals surface area contributed by atoms with Crippen LogP contribution in [0.2, 0.25) is 0 Å². The lowest BCUT2D eigenvalue weighted by molar-refractivity contribution is -0.137. The highest BCUT2D eigenvalue weighted by Crippen LogP contribution is 2.39. The van der Waals surface area contributed by atoms with Gasteiger partial charge in [-0.3, -0.25) is 4.79 Å². The van der Waals surface area contributed by atoms with Crippen LogP contribution in [0.4, 0.5) is 0 Å². The molecule has 68 valence electrons. The van der Waals surface area contributed by atoms with Crippen LogP contribution in [0.15, 0.2) is 18.2 Å². The van der Waals surface area contributed by atoms with Crippen LogP contribution in [-0.4, -0.2) is 5.97 Å². The number of rotatable bonds is 0. The first-order valence-corrected chi connectivity index (χ1v) is 4.35. The minimum absolute atomic E-state index is 0.159. The zero-order chi connectivity index (χ0) is 9.64. The smallest absolute Gasteiger partial charge is 0.321 e. The molecule has 1 heterocycles. The lowest BCUT2D eigenvalue weighted by Crippen LogP contribution is -2.25. The summed E-state index contributed by atoms with van der Waals surface area (Å²) < 4.78 is 5.16. The molecule has 1 aromatic carbocycles. The van der Waals surface area contributed by atoms with Gasteiger partial charge in [-0.25, -0.2) is 0 Å². The van der Waals surface area contributed by atoms with Crippen molar-refractivity contribution in [3.8, 4) is 5.75 Å². The molecular formula is C11H12O2. The fourth-order valence-electron chi connectivity index (χ4n) is 1.57. The molecule has 0 fully saturated rings. The molecule has 2 heteroatoms. The molecule has 0 aliphatic carbocycles. The monoisotopic (exact) mass is 176 g/mol. The molecule has 0 amide bonds. The third-order valence-electron chi connectivity index (χ3n) is 2.52. The zero-order valence-electron chi connectivity index (χ0n) is 8.05. The van der Waals surface area contributed by atoms with Gasteiger partial charge >= 0.3 is 5.97 Å². The molecule has 0 N–H and O–H groups in total. The number of aryl methyl sites for hydroxylation is 1. The molecule has 1 aliphatic heterocycles. The fourth-order valence-corrected chi connectivity index (χ4v) is 1.57. The van der Waals surface area contributed by atoms with Crippen molar-refractivity contribution in [2.24, 2.45) is 0 Å². The van der Waals surface area contributed by atoms with Crippen molar-refractivity contribution in [3.63, 3.8) is 0 Å². The van der Waals surface area contributed by atoms with Crippen molar-refractivity contribution in [1.82, 2.24) is 0 Å². The summed E-state index contributed by atoms with van der Waals surface area (Å²) in [6, 6.07) is 5.88. The molecule has 0 bridgehead atoms. The topological polar surface area (TPSA) is 26.3 Å². The number of benzene rings is 1. The predicted molar refractivity (Wildman–Crippen MR) is 49.8 cm³/mol. The van der Waals surface area contributed by atoms with Gasteiger partial charge in [0.2, 0.25) is 0 Å². The molecule has 0 unspecified atom stereocenters. The minimum atomic E-state index is -0.483. The summed E-state index contributed by atoms with van der Waals surface area (Å²) in [5.74, 6) is 0.558. The molecule has 0 saturated heterocycles. The molecular weight excluding hydrogens is 164 g/mol. The third kappa shape index (κ3) is 1.05. The Morgan fingerprint density at radius 2 is 2.00 bits per heavy atom. The Hall–Kier alpha value is -1.31. The lowest BCUT2D eigenvalue weighted by atomic mass is 9.86. The average molecular weight is 176 g/mol. The maximum Gasteiger partial charge on any atom is 0.321 e. The quantitative estimate of drug-likeness (QED) is 0.447. The van der Waals surface area contributed by atoms with Crippen LogP contribution >= 0.6 is 0 Å². The van der Waals surface area contributed by atoms with Crippen molar-refractivity contribution in [2.45, 2.75) is 26.2 Å². The summed E-state index contributed by atoms with van der Waals surface area (Å²) in [6.45, 7) is 5.76. The maximum absolute atomic E-state index is 11.4. The van der Waals surface area contributed by atoms with Crippen LogP contribution in [-0.2, 0) is 10.2 Å². The van der Waals surface area contributed by atoms with E-state index >= 15 is 0 Å². The van der Waals surface area contributed by atoms with Crippen LogP contribution in [0.3, 0.4) is 0 Å². The molecule has 0 atom stereocenters. The van der Waals surface area contributed by atoms with Crippen molar-refractivity contribution in [1.29, 1.82) is 0 Å². The first-order valence-electron chi connectivity index (χ1n) is 4.35. The molecule has 13 heavy (non-hydrogen) atoms. The zero-order valence-corrected chi connectivity index (χ0v) is 8.05. The van der Waals surface area contributed by atoms with Crippen molar-refractivity contribution in [3.05, 3.63) is 29.3 Å². The van der Waals surface area contributed by atoms with E-state index in [1.54, 1.807) is 0 Å². The van der Waals surface area contributed by atoms with Gasteiger partial charge in [0.1, 0.15) is 5.75 Å². The molecule has 1 aliphatic rings. The third-order valence-corrected chi connectivity index (χ3v) is 2.52. The van der Waals surface area contributed by atoms with E-state index in [1.807, 2.05) is 39.0 Å². The van der Waals surface area contributed by atoms with E-state index in [4.69, 9.17) is 4.74 Å². The highest BCUT2D eigenvalue weighted by Gasteiger charge is 2.40. The Bertz CT molecular complexity index is 378. The highest BCUT2D eigenvalue weighted by atomic mass is 16.5. The van der Waals surface area contributed by atoms with Gasteiger partial charge in [0.05, 0.1) is 5.41 Å². The maximum atomic E-state index is 11.4. The van der Waals surface area contributed by atoms with Crippen LogP contribution in [0.5, 0.6) is 5.75 Å². The second-order valence-corrected chi connectivity index (χ2v) is 4.01. The highest BCUT2D eigenvalue weighted by molar-refractivity contribution is 5.89. The normalized spacial score (nSPS) is 18.2. The minimum Gasteiger partial charge on any atom is -0.426 e. The van der Waals surface area contributed by atoms with Crippen LogP contribution in [0.25, 0.3) is 0 Å². The molecule has 2 rings (SSSR count). The van der Waals surface area contributed by atoms with Crippen molar-refractivity contribution < 1.29 is 9.53 Å². The SMILES string of the molecule is Cc1ccc2c(c1)OC(=O)C2(C)C. The number of ether oxygens (including phenoxy) is 1. The fraction of sp³-hybridized carbons (Fsp3) is 0.364. The van der Waals surface area contributed by atoms with E-state index < -0.39 is 5.41 Å². The Morgan fingerprint density at radius 3 is 2.69 bits per heavy atom. The molecule has 1 aromatic rings. The van der Waals surface area contributed by atoms with Gasteiger partial charge in [0.15, 0.2) is 0 Å². The second-order valence-electron chi connectivity index (χ2n) is 4.01. The summed E-state index contributed by atoms with van der Waals surface area (Å²) in [5.41, 5.74) is 1.62. The molecule has 2 nitrogen and oxygen atoms in total. The van der Waals surface area contributed by atoms with E-state index in [9.17, 15) is 4.79 Å². The first-order chi connectivity index (χ1) is 6.01. The van der Waals surface area contributed by atoms with Crippen LogP contribution in [0.1, 0.15) is 25.0 Å². The van der Waals surface area contributed by atoms with Crippen molar-refractivity contribution in [2.75, 3.05) is 0 Å². The van der Waals surface area contributed by atoms with E-state index in [-0.39, 0.29) is 5.97 Å². The van der Waals surface area contributed by atoms with Crippen molar-refractivity contribution >= 4 is 5.97 Å². The lowest BCUT2D eigenvalue weighted by Gasteiger charge is -2.12. The summed E-state index contributed by atoms with van der Waals surface area (Å²) in [6.07, 6.45) is 0. The Kier molecular flexibility index (Phi) is 1.50. The van der Waals surface area contributed by atoms with Crippen LogP contribution < -0.4 is 4.74 Å². The van der Waals surface area contributed by atoms with Gasteiger partial charge in [-0.05, 0) is 32.4 Å². The Morgan fingerprint density at radius 1 is 1.31 bits per heavy atom. The van der Waals surface area contributed by atoms with E-state index in [2.05, 4.69) is 0 Å². The standard InChI is InChI=1S/C11H12O2/c1-7-4-5-8-9(6-7)13-10(12)11(8,2)3/h4-6H,1-3H3. The summed E-state index contributed by atoms with van der Waals surface area (Å²) in [5, 5.41) is 0. The number of carbonyl (C=O) groups is 1. The van der Waals surface area contributed by atoms with Gasteiger partial charge in [-0.15, -0.1) is 0 Å². The van der Waals surface area contributed by atoms with Gasteiger partial charge in [0, 0.05) is 5.56 Å². The predicted octanol–water partition coefficient (Wildman–Crippen LogP) is 2.19. The van der Waals surface area contributed by atoms with Gasteiger partial charge < -0.3 is 4.74 Å². The summed E-state index contributed by atoms with van der Waals surface area (Å²) >= 11 is 0. The Labute approximate surface area is 77.5 Å². The number of hydrogen-bond donors (Lipinski definition) is 0. The van der Waals surface area contributed by atoms with E-state index in [0.717, 1.165) is 16.9 Å². The van der Waals surface area contributed by atoms with Gasteiger partial charge in [-0.2, -0.15) is 0 Å². The molecule has 0 radical (unpaired) electrons. The number of esters is 1. The molecule has 0 spiro atoms. The first kappa shape index (κ1) is 8.30. The average Bonchev–Trinajstić information content (AvgIpc) is 2.23. The second kappa shape index (κ2) is 2.34. The number of hydrogen-bond acceptors (Lipinski definition) is 2. The number of fused-ring (bicyclic) bond motifs is 1. The summed E-state index contributed by atoms with van der Waals surface area (Å²) in [4.78, 5) is 11.4. The molecule has 0 saturated carbocycles. The van der Waals surface area contributed by atoms with Gasteiger partial charge in [-0.1, -0.05) is 12.1 Å². The summed E-state index contributed by atoms with van der Waals surface area (Å²) in [7, 11) is 0. The van der Waals surface area contributed by atoms with E-state index in [1.165, 1.54) is 0 Å². The Balaban J connectivity index is 2.62.